The zero-order chi connectivity index (χ0) is 26.4. The molecule has 3 aromatic carbocycles. The fourth-order valence-corrected chi connectivity index (χ4v) is 5.30. The third-order valence-electron chi connectivity index (χ3n) is 6.28. The molecule has 0 radical (unpaired) electrons. The number of carbonyl (C=O) groups excluding carboxylic acids is 1. The Morgan fingerprint density at radius 3 is 2.35 bits per heavy atom. The predicted octanol–water partition coefficient (Wildman–Crippen LogP) is 3.75. The van der Waals surface area contributed by atoms with E-state index in [4.69, 9.17) is 9.47 Å². The number of hydrogen-bond acceptors (Lipinski definition) is 6. The minimum Gasteiger partial charge on any atom is -0.497 e. The molecule has 1 aliphatic rings. The summed E-state index contributed by atoms with van der Waals surface area (Å²) in [6, 6.07) is 17.5. The summed E-state index contributed by atoms with van der Waals surface area (Å²) in [4.78, 5) is 15.1. The van der Waals surface area contributed by atoms with E-state index in [0.717, 1.165) is 30.5 Å². The van der Waals surface area contributed by atoms with Crippen molar-refractivity contribution in [1.29, 1.82) is 0 Å². The van der Waals surface area contributed by atoms with Gasteiger partial charge in [0, 0.05) is 30.9 Å². The second-order valence-corrected chi connectivity index (χ2v) is 10.4. The van der Waals surface area contributed by atoms with Crippen molar-refractivity contribution in [2.24, 2.45) is 0 Å². The van der Waals surface area contributed by atoms with Crippen molar-refractivity contribution in [3.8, 4) is 5.75 Å². The number of sulfonamides is 1. The molecule has 3 aromatic rings. The summed E-state index contributed by atoms with van der Waals surface area (Å²) in [5.41, 5.74) is 1.99. The molecule has 10 heteroatoms. The van der Waals surface area contributed by atoms with Gasteiger partial charge < -0.3 is 14.8 Å². The monoisotopic (exact) mass is 527 g/mol. The summed E-state index contributed by atoms with van der Waals surface area (Å²) >= 11 is 0. The molecule has 1 amide bonds. The zero-order valence-corrected chi connectivity index (χ0v) is 21.6. The van der Waals surface area contributed by atoms with Crippen LogP contribution in [0.2, 0.25) is 0 Å². The van der Waals surface area contributed by atoms with Gasteiger partial charge in [0.15, 0.2) is 0 Å². The van der Waals surface area contributed by atoms with Crippen LogP contribution in [0, 0.1) is 12.7 Å². The van der Waals surface area contributed by atoms with E-state index in [2.05, 4.69) is 14.9 Å². The standard InChI is InChI=1S/C27H30FN3O5S/c1-19-17-24(11-12-25(19)28)37(33,34)30-22-7-3-21(4-8-22)27(32)29-18-26(31-13-15-36-16-14-31)20-5-9-23(35-2)10-6-20/h3-12,17,26,30H,13-16,18H2,1-2H3,(H,29,32)/t26-/m0/s1. The summed E-state index contributed by atoms with van der Waals surface area (Å²) in [5, 5.41) is 3.00. The number of nitrogens with zero attached hydrogens (tertiary/aromatic N) is 1. The normalized spacial score (nSPS) is 15.1. The predicted molar refractivity (Wildman–Crippen MR) is 139 cm³/mol. The Bertz CT molecular complexity index is 1330. The van der Waals surface area contributed by atoms with Gasteiger partial charge in [-0.25, -0.2) is 12.8 Å². The van der Waals surface area contributed by atoms with E-state index >= 15 is 0 Å². The van der Waals surface area contributed by atoms with E-state index in [-0.39, 0.29) is 22.4 Å². The average molecular weight is 528 g/mol. The maximum atomic E-state index is 13.5. The first-order chi connectivity index (χ1) is 17.8. The molecule has 8 nitrogen and oxygen atoms in total. The maximum absolute atomic E-state index is 13.5. The molecular formula is C27H30FN3O5S. The minimum atomic E-state index is -3.90. The number of aryl methyl sites for hydroxylation is 1. The summed E-state index contributed by atoms with van der Waals surface area (Å²) < 4.78 is 52.0. The Morgan fingerprint density at radius 2 is 1.73 bits per heavy atom. The number of ether oxygens (including phenoxy) is 2. The summed E-state index contributed by atoms with van der Waals surface area (Å²) in [6.45, 7) is 4.68. The third-order valence-corrected chi connectivity index (χ3v) is 7.66. The Kier molecular flexibility index (Phi) is 8.42. The number of amides is 1. The molecule has 0 spiro atoms. The van der Waals surface area contributed by atoms with Crippen LogP contribution in [0.5, 0.6) is 5.75 Å². The van der Waals surface area contributed by atoms with Crippen LogP contribution in [0.3, 0.4) is 0 Å². The first-order valence-corrected chi connectivity index (χ1v) is 13.4. The summed E-state index contributed by atoms with van der Waals surface area (Å²) in [7, 11) is -2.28. The molecule has 4 rings (SSSR count). The van der Waals surface area contributed by atoms with Crippen molar-refractivity contribution in [2.75, 3.05) is 44.7 Å². The smallest absolute Gasteiger partial charge is 0.261 e. The van der Waals surface area contributed by atoms with Crippen molar-refractivity contribution in [3.05, 3.63) is 89.2 Å². The Labute approximate surface area is 216 Å². The molecule has 1 heterocycles. The van der Waals surface area contributed by atoms with E-state index in [1.165, 1.54) is 31.2 Å². The topological polar surface area (TPSA) is 97.0 Å². The highest BCUT2D eigenvalue weighted by molar-refractivity contribution is 7.92. The lowest BCUT2D eigenvalue weighted by Crippen LogP contribution is -2.43. The van der Waals surface area contributed by atoms with Crippen LogP contribution in [-0.2, 0) is 14.8 Å². The summed E-state index contributed by atoms with van der Waals surface area (Å²) in [5.74, 6) is 0.0197. The second kappa shape index (κ2) is 11.7. The van der Waals surface area contributed by atoms with Crippen LogP contribution in [0.15, 0.2) is 71.6 Å². The van der Waals surface area contributed by atoms with Gasteiger partial charge in [0.2, 0.25) is 0 Å². The van der Waals surface area contributed by atoms with Crippen LogP contribution in [0.1, 0.15) is 27.5 Å². The Morgan fingerprint density at radius 1 is 1.05 bits per heavy atom. The lowest BCUT2D eigenvalue weighted by molar-refractivity contribution is 0.0162. The van der Waals surface area contributed by atoms with Crippen LogP contribution >= 0.6 is 0 Å². The van der Waals surface area contributed by atoms with E-state index in [9.17, 15) is 17.6 Å². The van der Waals surface area contributed by atoms with Crippen molar-refractivity contribution in [1.82, 2.24) is 10.2 Å². The number of morpholine rings is 1. The number of hydrogen-bond donors (Lipinski definition) is 2. The lowest BCUT2D eigenvalue weighted by Gasteiger charge is -2.35. The minimum absolute atomic E-state index is 0.0380. The molecular weight excluding hydrogens is 497 g/mol. The van der Waals surface area contributed by atoms with Gasteiger partial charge in [-0.1, -0.05) is 12.1 Å². The zero-order valence-electron chi connectivity index (χ0n) is 20.7. The number of benzene rings is 3. The molecule has 37 heavy (non-hydrogen) atoms. The van der Waals surface area contributed by atoms with Gasteiger partial charge in [0.05, 0.1) is 31.3 Å². The first kappa shape index (κ1) is 26.6. The number of rotatable bonds is 9. The van der Waals surface area contributed by atoms with Gasteiger partial charge in [-0.05, 0) is 72.6 Å². The highest BCUT2D eigenvalue weighted by atomic mass is 32.2. The van der Waals surface area contributed by atoms with Gasteiger partial charge in [-0.15, -0.1) is 0 Å². The Balaban J connectivity index is 1.42. The fraction of sp³-hybridized carbons (Fsp3) is 0.296. The highest BCUT2D eigenvalue weighted by Crippen LogP contribution is 2.24. The van der Waals surface area contributed by atoms with E-state index < -0.39 is 15.8 Å². The van der Waals surface area contributed by atoms with E-state index in [1.54, 1.807) is 19.2 Å². The molecule has 196 valence electrons. The van der Waals surface area contributed by atoms with Crippen LogP contribution in [0.25, 0.3) is 0 Å². The molecule has 0 bridgehead atoms. The third kappa shape index (κ3) is 6.65. The van der Waals surface area contributed by atoms with E-state index in [1.807, 2.05) is 24.3 Å². The van der Waals surface area contributed by atoms with Crippen molar-refractivity contribution in [2.45, 2.75) is 17.9 Å². The lowest BCUT2D eigenvalue weighted by atomic mass is 10.0. The average Bonchev–Trinajstić information content (AvgIpc) is 2.91. The van der Waals surface area contributed by atoms with Gasteiger partial charge in [0.1, 0.15) is 11.6 Å². The van der Waals surface area contributed by atoms with Gasteiger partial charge >= 0.3 is 0 Å². The van der Waals surface area contributed by atoms with Gasteiger partial charge in [-0.3, -0.25) is 14.4 Å². The number of nitrogens with one attached hydrogen (secondary N) is 2. The van der Waals surface area contributed by atoms with Crippen molar-refractivity contribution < 1.29 is 27.1 Å². The largest absolute Gasteiger partial charge is 0.497 e. The van der Waals surface area contributed by atoms with Crippen LogP contribution in [0.4, 0.5) is 10.1 Å². The highest BCUT2D eigenvalue weighted by Gasteiger charge is 2.24. The molecule has 0 unspecified atom stereocenters. The molecule has 2 N–H and O–H groups in total. The Hall–Kier alpha value is -3.47. The van der Waals surface area contributed by atoms with Gasteiger partial charge in [-0.2, -0.15) is 0 Å². The van der Waals surface area contributed by atoms with Crippen molar-refractivity contribution in [3.63, 3.8) is 0 Å². The number of anilines is 1. The molecule has 1 saturated heterocycles. The maximum Gasteiger partial charge on any atom is 0.261 e. The quantitative estimate of drug-likeness (QED) is 0.440. The molecule has 0 saturated carbocycles. The number of carbonyl (C=O) groups is 1. The fourth-order valence-electron chi connectivity index (χ4n) is 4.15. The molecule has 1 fully saturated rings. The molecule has 0 aromatic heterocycles. The SMILES string of the molecule is COc1ccc([C@H](CNC(=O)c2ccc(NS(=O)(=O)c3ccc(F)c(C)c3)cc2)N2CCOCC2)cc1. The number of halogens is 1. The van der Waals surface area contributed by atoms with Crippen LogP contribution in [-0.4, -0.2) is 59.2 Å². The number of methoxy groups -OCH3 is 1. The summed E-state index contributed by atoms with van der Waals surface area (Å²) in [6.07, 6.45) is 0. The molecule has 0 aliphatic carbocycles. The van der Waals surface area contributed by atoms with E-state index in [0.29, 0.717) is 31.0 Å². The first-order valence-electron chi connectivity index (χ1n) is 11.9. The molecule has 1 atom stereocenters. The molecule has 1 aliphatic heterocycles. The van der Waals surface area contributed by atoms with Gasteiger partial charge in [0.25, 0.3) is 15.9 Å². The second-order valence-electron chi connectivity index (χ2n) is 8.74. The van der Waals surface area contributed by atoms with Crippen molar-refractivity contribution >= 4 is 21.6 Å². The van der Waals surface area contributed by atoms with Crippen LogP contribution < -0.4 is 14.8 Å².